The molecule has 0 saturated heterocycles. The minimum atomic E-state index is 0.363. The number of rotatable bonds is 9. The van der Waals surface area contributed by atoms with Crippen LogP contribution in [-0.2, 0) is 4.74 Å². The fraction of sp³-hybridized carbons (Fsp3) is 0.600. The maximum absolute atomic E-state index is 5.43. The molecule has 1 N–H and O–H groups in total. The fourth-order valence-corrected chi connectivity index (χ4v) is 1.77. The van der Waals surface area contributed by atoms with Gasteiger partial charge in [0.25, 0.3) is 0 Å². The van der Waals surface area contributed by atoms with E-state index in [0.717, 1.165) is 31.9 Å². The average molecular weight is 251 g/mol. The van der Waals surface area contributed by atoms with Crippen molar-refractivity contribution in [2.45, 2.75) is 33.2 Å². The van der Waals surface area contributed by atoms with E-state index in [-0.39, 0.29) is 0 Å². The Morgan fingerprint density at radius 1 is 1.11 bits per heavy atom. The minimum Gasteiger partial charge on any atom is -0.494 e. The summed E-state index contributed by atoms with van der Waals surface area (Å²) >= 11 is 0. The van der Waals surface area contributed by atoms with Gasteiger partial charge in [0, 0.05) is 19.3 Å². The normalized spacial score (nSPS) is 12.4. The summed E-state index contributed by atoms with van der Waals surface area (Å²) in [6, 6.07) is 8.65. The number of ether oxygens (including phenoxy) is 2. The molecule has 0 heterocycles. The molecule has 1 aromatic rings. The molecular formula is C15H25NO2. The van der Waals surface area contributed by atoms with E-state index in [9.17, 15) is 0 Å². The SMILES string of the molecule is CCOCCCNC(C)c1ccc(OCC)cc1. The maximum Gasteiger partial charge on any atom is 0.119 e. The highest BCUT2D eigenvalue weighted by Gasteiger charge is 2.04. The van der Waals surface area contributed by atoms with Gasteiger partial charge >= 0.3 is 0 Å². The molecule has 1 atom stereocenters. The Bertz CT molecular complexity index is 311. The second-order valence-electron chi connectivity index (χ2n) is 4.23. The predicted octanol–water partition coefficient (Wildman–Crippen LogP) is 3.16. The Morgan fingerprint density at radius 3 is 2.44 bits per heavy atom. The largest absolute Gasteiger partial charge is 0.494 e. The molecule has 0 aromatic heterocycles. The Balaban J connectivity index is 2.30. The molecule has 0 saturated carbocycles. The standard InChI is InChI=1S/C15H25NO2/c1-4-17-12-6-11-16-13(3)14-7-9-15(10-8-14)18-5-2/h7-10,13,16H,4-6,11-12H2,1-3H3. The van der Waals surface area contributed by atoms with Gasteiger partial charge in [-0.25, -0.2) is 0 Å². The zero-order chi connectivity index (χ0) is 13.2. The topological polar surface area (TPSA) is 30.5 Å². The van der Waals surface area contributed by atoms with E-state index in [0.29, 0.717) is 12.6 Å². The Hall–Kier alpha value is -1.06. The summed E-state index contributed by atoms with van der Waals surface area (Å²) in [6.07, 6.45) is 1.05. The summed E-state index contributed by atoms with van der Waals surface area (Å²) in [7, 11) is 0. The number of hydrogen-bond donors (Lipinski definition) is 1. The monoisotopic (exact) mass is 251 g/mol. The average Bonchev–Trinajstić information content (AvgIpc) is 2.39. The van der Waals surface area contributed by atoms with Gasteiger partial charge in [-0.2, -0.15) is 0 Å². The van der Waals surface area contributed by atoms with Crippen molar-refractivity contribution in [3.05, 3.63) is 29.8 Å². The lowest BCUT2D eigenvalue weighted by atomic mass is 10.1. The molecule has 0 bridgehead atoms. The number of nitrogens with one attached hydrogen (secondary N) is 1. The van der Waals surface area contributed by atoms with Crippen LogP contribution in [0.15, 0.2) is 24.3 Å². The molecule has 0 spiro atoms. The van der Waals surface area contributed by atoms with Gasteiger partial charge in [0.15, 0.2) is 0 Å². The van der Waals surface area contributed by atoms with Gasteiger partial charge in [0.05, 0.1) is 6.61 Å². The lowest BCUT2D eigenvalue weighted by Gasteiger charge is -2.14. The minimum absolute atomic E-state index is 0.363. The molecule has 102 valence electrons. The maximum atomic E-state index is 5.43. The van der Waals surface area contributed by atoms with E-state index >= 15 is 0 Å². The molecule has 0 aliphatic carbocycles. The Kier molecular flexibility index (Phi) is 7.46. The van der Waals surface area contributed by atoms with Crippen molar-refractivity contribution < 1.29 is 9.47 Å². The van der Waals surface area contributed by atoms with E-state index in [2.05, 4.69) is 24.4 Å². The first-order valence-electron chi connectivity index (χ1n) is 6.81. The van der Waals surface area contributed by atoms with Gasteiger partial charge in [-0.1, -0.05) is 12.1 Å². The summed E-state index contributed by atoms with van der Waals surface area (Å²) in [5.74, 6) is 0.935. The summed E-state index contributed by atoms with van der Waals surface area (Å²) in [5, 5.41) is 3.49. The van der Waals surface area contributed by atoms with Gasteiger partial charge in [-0.15, -0.1) is 0 Å². The smallest absolute Gasteiger partial charge is 0.119 e. The van der Waals surface area contributed by atoms with E-state index in [1.54, 1.807) is 0 Å². The molecule has 3 nitrogen and oxygen atoms in total. The van der Waals surface area contributed by atoms with Gasteiger partial charge in [-0.05, 0) is 51.4 Å². The molecule has 0 aliphatic rings. The van der Waals surface area contributed by atoms with Crippen molar-refractivity contribution in [3.63, 3.8) is 0 Å². The van der Waals surface area contributed by atoms with Crippen LogP contribution in [0.5, 0.6) is 5.75 Å². The first-order chi connectivity index (χ1) is 8.77. The van der Waals surface area contributed by atoms with Crippen LogP contribution in [-0.4, -0.2) is 26.4 Å². The van der Waals surface area contributed by atoms with E-state index < -0.39 is 0 Å². The molecule has 3 heteroatoms. The molecule has 18 heavy (non-hydrogen) atoms. The Morgan fingerprint density at radius 2 is 1.83 bits per heavy atom. The van der Waals surface area contributed by atoms with E-state index in [4.69, 9.17) is 9.47 Å². The van der Waals surface area contributed by atoms with Crippen LogP contribution in [0.1, 0.15) is 38.8 Å². The van der Waals surface area contributed by atoms with Crippen LogP contribution in [0, 0.1) is 0 Å². The van der Waals surface area contributed by atoms with E-state index in [1.165, 1.54) is 5.56 Å². The van der Waals surface area contributed by atoms with Crippen molar-refractivity contribution in [1.29, 1.82) is 0 Å². The second kappa shape index (κ2) is 8.95. The van der Waals surface area contributed by atoms with Gasteiger partial charge in [0.1, 0.15) is 5.75 Å². The van der Waals surface area contributed by atoms with Crippen molar-refractivity contribution >= 4 is 0 Å². The van der Waals surface area contributed by atoms with Crippen molar-refractivity contribution in [3.8, 4) is 5.75 Å². The van der Waals surface area contributed by atoms with Gasteiger partial charge in [0.2, 0.25) is 0 Å². The molecule has 0 radical (unpaired) electrons. The number of benzene rings is 1. The highest BCUT2D eigenvalue weighted by molar-refractivity contribution is 5.28. The molecular weight excluding hydrogens is 226 g/mol. The summed E-state index contributed by atoms with van der Waals surface area (Å²) < 4.78 is 10.7. The molecule has 1 rings (SSSR count). The van der Waals surface area contributed by atoms with Crippen LogP contribution in [0.4, 0.5) is 0 Å². The van der Waals surface area contributed by atoms with E-state index in [1.807, 2.05) is 26.0 Å². The van der Waals surface area contributed by atoms with Crippen LogP contribution in [0.3, 0.4) is 0 Å². The third kappa shape index (κ3) is 5.52. The van der Waals surface area contributed by atoms with Crippen LogP contribution in [0.2, 0.25) is 0 Å². The molecule has 0 amide bonds. The summed E-state index contributed by atoms with van der Waals surface area (Å²) in [6.45, 7) is 9.52. The van der Waals surface area contributed by atoms with Crippen molar-refractivity contribution in [2.75, 3.05) is 26.4 Å². The highest BCUT2D eigenvalue weighted by Crippen LogP contribution is 2.17. The van der Waals surface area contributed by atoms with Gasteiger partial charge in [-0.3, -0.25) is 0 Å². The predicted molar refractivity (Wildman–Crippen MR) is 75.1 cm³/mol. The first kappa shape index (κ1) is 15.0. The third-order valence-corrected chi connectivity index (χ3v) is 2.81. The van der Waals surface area contributed by atoms with Crippen LogP contribution < -0.4 is 10.1 Å². The lowest BCUT2D eigenvalue weighted by molar-refractivity contribution is 0.144. The highest BCUT2D eigenvalue weighted by atomic mass is 16.5. The quantitative estimate of drug-likeness (QED) is 0.684. The second-order valence-corrected chi connectivity index (χ2v) is 4.23. The lowest BCUT2D eigenvalue weighted by Crippen LogP contribution is -2.20. The molecule has 1 unspecified atom stereocenters. The summed E-state index contributed by atoms with van der Waals surface area (Å²) in [4.78, 5) is 0. The zero-order valence-corrected chi connectivity index (χ0v) is 11.7. The van der Waals surface area contributed by atoms with Crippen molar-refractivity contribution in [1.82, 2.24) is 5.32 Å². The molecule has 0 fully saturated rings. The first-order valence-corrected chi connectivity index (χ1v) is 6.81. The fourth-order valence-electron chi connectivity index (χ4n) is 1.77. The van der Waals surface area contributed by atoms with Crippen LogP contribution >= 0.6 is 0 Å². The Labute approximate surface area is 110 Å². The molecule has 0 aliphatic heterocycles. The molecule has 1 aromatic carbocycles. The van der Waals surface area contributed by atoms with Gasteiger partial charge < -0.3 is 14.8 Å². The summed E-state index contributed by atoms with van der Waals surface area (Å²) in [5.41, 5.74) is 1.29. The number of hydrogen-bond acceptors (Lipinski definition) is 3. The zero-order valence-electron chi connectivity index (χ0n) is 11.7. The van der Waals surface area contributed by atoms with Crippen molar-refractivity contribution in [2.24, 2.45) is 0 Å². The third-order valence-electron chi connectivity index (χ3n) is 2.81. The van der Waals surface area contributed by atoms with Crippen LogP contribution in [0.25, 0.3) is 0 Å².